The fraction of sp³-hybridized carbons (Fsp3) is 0. The minimum absolute atomic E-state index is 0.154. The number of rotatable bonds is 3. The molecule has 0 aliphatic heterocycles. The topological polar surface area (TPSA) is 127 Å². The normalized spacial score (nSPS) is 9.19. The highest BCUT2D eigenvalue weighted by molar-refractivity contribution is 5.99. The summed E-state index contributed by atoms with van der Waals surface area (Å²) < 4.78 is 0. The van der Waals surface area contributed by atoms with Crippen molar-refractivity contribution < 1.29 is 14.5 Å². The Morgan fingerprint density at radius 1 is 1.56 bits per heavy atom. The number of nitro benzene ring substituents is 1. The van der Waals surface area contributed by atoms with Crippen LogP contribution < -0.4 is 5.73 Å². The second kappa shape index (κ2) is 4.18. The van der Waals surface area contributed by atoms with Crippen LogP contribution in [-0.2, 0) is 0 Å². The molecule has 7 nitrogen and oxygen atoms in total. The van der Waals surface area contributed by atoms with Gasteiger partial charge in [0.1, 0.15) is 17.2 Å². The summed E-state index contributed by atoms with van der Waals surface area (Å²) in [5.74, 6) is -1.03. The average molecular weight is 219 g/mol. The first-order valence-corrected chi connectivity index (χ1v) is 3.99. The molecule has 0 radical (unpaired) electrons. The molecule has 1 rings (SSSR count). The molecule has 1 aromatic carbocycles. The van der Waals surface area contributed by atoms with Crippen LogP contribution in [0.4, 0.5) is 5.69 Å². The van der Waals surface area contributed by atoms with E-state index in [2.05, 4.69) is 0 Å². The second-order valence-corrected chi connectivity index (χ2v) is 2.78. The molecule has 1 aromatic rings. The number of amides is 1. The lowest BCUT2D eigenvalue weighted by Gasteiger charge is -2.02. The Balaban J connectivity index is 3.72. The SMILES string of the molecule is N#Cc1c(C=O)ccc(C(N)=O)c1[N+](=O)[O-]. The van der Waals surface area contributed by atoms with E-state index in [9.17, 15) is 19.7 Å². The Labute approximate surface area is 89.2 Å². The number of aldehydes is 1. The molecule has 0 spiro atoms. The lowest BCUT2D eigenvalue weighted by molar-refractivity contribution is -0.385. The van der Waals surface area contributed by atoms with Crippen molar-refractivity contribution in [2.75, 3.05) is 0 Å². The van der Waals surface area contributed by atoms with Crippen LogP contribution in [0.5, 0.6) is 0 Å². The van der Waals surface area contributed by atoms with Crippen LogP contribution in [0, 0.1) is 21.4 Å². The molecule has 0 saturated carbocycles. The van der Waals surface area contributed by atoms with Gasteiger partial charge in [0.2, 0.25) is 0 Å². The Bertz CT molecular complexity index is 530. The van der Waals surface area contributed by atoms with Crippen molar-refractivity contribution in [2.24, 2.45) is 5.73 Å². The van der Waals surface area contributed by atoms with Gasteiger partial charge >= 0.3 is 5.69 Å². The molecule has 0 aliphatic carbocycles. The Morgan fingerprint density at radius 3 is 2.56 bits per heavy atom. The van der Waals surface area contributed by atoms with E-state index in [1.807, 2.05) is 0 Å². The highest BCUT2D eigenvalue weighted by Gasteiger charge is 2.25. The minimum Gasteiger partial charge on any atom is -0.365 e. The molecule has 0 heterocycles. The summed E-state index contributed by atoms with van der Waals surface area (Å²) in [5, 5.41) is 19.4. The van der Waals surface area contributed by atoms with E-state index >= 15 is 0 Å². The summed E-state index contributed by atoms with van der Waals surface area (Å²) in [7, 11) is 0. The predicted octanol–water partition coefficient (Wildman–Crippen LogP) is 0.378. The van der Waals surface area contributed by atoms with Crippen LogP contribution in [0.2, 0.25) is 0 Å². The number of primary amides is 1. The van der Waals surface area contributed by atoms with Gasteiger partial charge < -0.3 is 5.73 Å². The molecule has 0 unspecified atom stereocenters. The van der Waals surface area contributed by atoms with Gasteiger partial charge in [-0.25, -0.2) is 0 Å². The van der Waals surface area contributed by atoms with E-state index in [0.717, 1.165) is 12.1 Å². The Kier molecular flexibility index (Phi) is 2.96. The Morgan fingerprint density at radius 2 is 2.19 bits per heavy atom. The fourth-order valence-electron chi connectivity index (χ4n) is 1.21. The van der Waals surface area contributed by atoms with Gasteiger partial charge in [-0.1, -0.05) is 0 Å². The van der Waals surface area contributed by atoms with Gasteiger partial charge in [-0.2, -0.15) is 5.26 Å². The van der Waals surface area contributed by atoms with Crippen LogP contribution in [0.3, 0.4) is 0 Å². The summed E-state index contributed by atoms with van der Waals surface area (Å²) in [6, 6.07) is 3.70. The van der Waals surface area contributed by atoms with Crippen molar-refractivity contribution >= 4 is 17.9 Å². The van der Waals surface area contributed by atoms with E-state index < -0.39 is 27.6 Å². The van der Waals surface area contributed by atoms with Crippen LogP contribution in [0.15, 0.2) is 12.1 Å². The lowest BCUT2D eigenvalue weighted by atomic mass is 10.0. The predicted molar refractivity (Wildman–Crippen MR) is 51.7 cm³/mol. The average Bonchev–Trinajstić information content (AvgIpc) is 2.26. The van der Waals surface area contributed by atoms with Gasteiger partial charge in [0.25, 0.3) is 5.91 Å². The molecule has 1 amide bonds. The van der Waals surface area contributed by atoms with E-state index in [4.69, 9.17) is 11.0 Å². The first kappa shape index (κ1) is 11.3. The number of hydrogen-bond acceptors (Lipinski definition) is 5. The zero-order valence-electron chi connectivity index (χ0n) is 7.84. The summed E-state index contributed by atoms with van der Waals surface area (Å²) in [6.45, 7) is 0. The molecule has 0 saturated heterocycles. The molecule has 16 heavy (non-hydrogen) atoms. The van der Waals surface area contributed by atoms with Crippen molar-refractivity contribution in [2.45, 2.75) is 0 Å². The second-order valence-electron chi connectivity index (χ2n) is 2.78. The number of hydrogen-bond donors (Lipinski definition) is 1. The van der Waals surface area contributed by atoms with Gasteiger partial charge in [-0.15, -0.1) is 0 Å². The monoisotopic (exact) mass is 219 g/mol. The maximum atomic E-state index is 10.9. The number of nitro groups is 1. The minimum atomic E-state index is -1.03. The first-order valence-electron chi connectivity index (χ1n) is 3.99. The van der Waals surface area contributed by atoms with E-state index in [-0.39, 0.29) is 5.56 Å². The Hall–Kier alpha value is -2.75. The third-order valence-corrected chi connectivity index (χ3v) is 1.90. The zero-order chi connectivity index (χ0) is 12.3. The molecule has 80 valence electrons. The van der Waals surface area contributed by atoms with Crippen LogP contribution >= 0.6 is 0 Å². The molecular formula is C9H5N3O4. The van der Waals surface area contributed by atoms with E-state index in [1.165, 1.54) is 6.07 Å². The molecular weight excluding hydrogens is 214 g/mol. The van der Waals surface area contributed by atoms with Crippen molar-refractivity contribution in [1.29, 1.82) is 5.26 Å². The van der Waals surface area contributed by atoms with Gasteiger partial charge in [0.05, 0.1) is 4.92 Å². The van der Waals surface area contributed by atoms with E-state index in [0.29, 0.717) is 6.29 Å². The highest BCUT2D eigenvalue weighted by atomic mass is 16.6. The smallest absolute Gasteiger partial charge is 0.300 e. The number of nitriles is 1. The maximum Gasteiger partial charge on any atom is 0.300 e. The molecule has 0 bridgehead atoms. The lowest BCUT2D eigenvalue weighted by Crippen LogP contribution is -2.15. The summed E-state index contributed by atoms with van der Waals surface area (Å²) >= 11 is 0. The third-order valence-electron chi connectivity index (χ3n) is 1.90. The molecule has 2 N–H and O–H groups in total. The quantitative estimate of drug-likeness (QED) is 0.446. The van der Waals surface area contributed by atoms with Crippen LogP contribution in [-0.4, -0.2) is 17.1 Å². The van der Waals surface area contributed by atoms with Crippen LogP contribution in [0.25, 0.3) is 0 Å². The molecule has 0 aliphatic rings. The number of nitrogens with two attached hydrogens (primary N) is 1. The van der Waals surface area contributed by atoms with Crippen molar-refractivity contribution in [3.05, 3.63) is 38.9 Å². The molecule has 0 atom stereocenters. The van der Waals surface area contributed by atoms with Crippen molar-refractivity contribution in [1.82, 2.24) is 0 Å². The van der Waals surface area contributed by atoms with Gasteiger partial charge in [-0.05, 0) is 12.1 Å². The number of nitrogens with zero attached hydrogens (tertiary/aromatic N) is 2. The first-order chi connectivity index (χ1) is 7.52. The summed E-state index contributed by atoms with van der Waals surface area (Å²) in [6.07, 6.45) is 0.302. The zero-order valence-corrected chi connectivity index (χ0v) is 7.84. The molecule has 0 fully saturated rings. The third kappa shape index (κ3) is 1.72. The standard InChI is InChI=1S/C9H5N3O4/c10-3-7-5(4-13)1-2-6(9(11)14)8(7)12(15)16/h1-2,4H,(H2,11,14). The summed E-state index contributed by atoms with van der Waals surface area (Å²) in [4.78, 5) is 31.3. The van der Waals surface area contributed by atoms with Crippen LogP contribution in [0.1, 0.15) is 26.3 Å². The fourth-order valence-corrected chi connectivity index (χ4v) is 1.21. The molecule has 0 aromatic heterocycles. The van der Waals surface area contributed by atoms with Gasteiger partial charge in [0.15, 0.2) is 6.29 Å². The number of carbonyl (C=O) groups excluding carboxylic acids is 2. The highest BCUT2D eigenvalue weighted by Crippen LogP contribution is 2.25. The summed E-state index contributed by atoms with van der Waals surface area (Å²) in [5.41, 5.74) is 3.18. The van der Waals surface area contributed by atoms with Gasteiger partial charge in [-0.3, -0.25) is 19.7 Å². The number of benzene rings is 1. The maximum absolute atomic E-state index is 10.9. The van der Waals surface area contributed by atoms with Gasteiger partial charge in [0, 0.05) is 5.56 Å². The van der Waals surface area contributed by atoms with Crippen molar-refractivity contribution in [3.63, 3.8) is 0 Å². The molecule has 7 heteroatoms. The van der Waals surface area contributed by atoms with Crippen molar-refractivity contribution in [3.8, 4) is 6.07 Å². The largest absolute Gasteiger partial charge is 0.365 e. The number of carbonyl (C=O) groups is 2. The van der Waals surface area contributed by atoms with E-state index in [1.54, 1.807) is 0 Å².